The third-order valence-corrected chi connectivity index (χ3v) is 5.36. The molecule has 2 aliphatic heterocycles. The standard InChI is InChI=1S/C24H25FN2O5/c1-24(2,3)32-23(30)26-12-10-16(11-13-26)31-20-9-8-15(14-19(20)25)27-21(28)17-6-4-5-7-18(17)22(27)29/h4-9,14,16H,10-13H2,1-3H3. The molecule has 2 heterocycles. The average Bonchev–Trinajstić information content (AvgIpc) is 2.99. The Morgan fingerprint density at radius 2 is 1.59 bits per heavy atom. The van der Waals surface area contributed by atoms with Crippen LogP contribution >= 0.6 is 0 Å². The number of halogens is 1. The Labute approximate surface area is 185 Å². The van der Waals surface area contributed by atoms with Gasteiger partial charge in [-0.25, -0.2) is 14.1 Å². The number of imide groups is 1. The maximum Gasteiger partial charge on any atom is 0.410 e. The lowest BCUT2D eigenvalue weighted by atomic mass is 10.1. The van der Waals surface area contributed by atoms with Gasteiger partial charge in [0.2, 0.25) is 0 Å². The molecule has 0 unspecified atom stereocenters. The van der Waals surface area contributed by atoms with Crippen molar-refractivity contribution in [3.63, 3.8) is 0 Å². The molecular formula is C24H25FN2O5. The molecule has 4 rings (SSSR count). The van der Waals surface area contributed by atoms with Crippen molar-refractivity contribution >= 4 is 23.6 Å². The first-order chi connectivity index (χ1) is 15.1. The zero-order chi connectivity index (χ0) is 23.0. The molecule has 3 amide bonds. The molecule has 168 valence electrons. The summed E-state index contributed by atoms with van der Waals surface area (Å²) in [6.45, 7) is 6.35. The number of amides is 3. The molecule has 0 spiro atoms. The molecule has 1 fully saturated rings. The Bertz CT molecular complexity index is 1040. The van der Waals surface area contributed by atoms with Gasteiger partial charge in [-0.05, 0) is 45.0 Å². The third kappa shape index (κ3) is 4.30. The van der Waals surface area contributed by atoms with Crippen molar-refractivity contribution < 1.29 is 28.2 Å². The fourth-order valence-corrected chi connectivity index (χ4v) is 3.81. The SMILES string of the molecule is CC(C)(C)OC(=O)N1CCC(Oc2ccc(N3C(=O)c4ccccc4C3=O)cc2F)CC1. The second-order valence-corrected chi connectivity index (χ2v) is 8.89. The van der Waals surface area contributed by atoms with E-state index in [0.717, 1.165) is 11.0 Å². The number of carbonyl (C=O) groups is 3. The van der Waals surface area contributed by atoms with Gasteiger partial charge >= 0.3 is 6.09 Å². The van der Waals surface area contributed by atoms with Gasteiger partial charge in [0, 0.05) is 32.0 Å². The lowest BCUT2D eigenvalue weighted by Gasteiger charge is -2.33. The van der Waals surface area contributed by atoms with E-state index < -0.39 is 23.2 Å². The predicted molar refractivity (Wildman–Crippen MR) is 115 cm³/mol. The van der Waals surface area contributed by atoms with Crippen molar-refractivity contribution in [3.8, 4) is 5.75 Å². The fraction of sp³-hybridized carbons (Fsp3) is 0.375. The monoisotopic (exact) mass is 440 g/mol. The van der Waals surface area contributed by atoms with Crippen LogP contribution in [-0.4, -0.2) is 47.6 Å². The molecule has 1 saturated heterocycles. The number of benzene rings is 2. The summed E-state index contributed by atoms with van der Waals surface area (Å²) in [4.78, 5) is 40.0. The van der Waals surface area contributed by atoms with Crippen molar-refractivity contribution in [3.05, 3.63) is 59.4 Å². The van der Waals surface area contributed by atoms with Crippen LogP contribution in [-0.2, 0) is 4.74 Å². The minimum absolute atomic E-state index is 0.0427. The summed E-state index contributed by atoms with van der Waals surface area (Å²) in [6, 6.07) is 10.6. The van der Waals surface area contributed by atoms with E-state index in [9.17, 15) is 18.8 Å². The van der Waals surface area contributed by atoms with Gasteiger partial charge in [-0.3, -0.25) is 9.59 Å². The molecule has 0 bridgehead atoms. The number of piperidine rings is 1. The van der Waals surface area contributed by atoms with E-state index in [-0.39, 0.29) is 23.6 Å². The van der Waals surface area contributed by atoms with Gasteiger partial charge in [-0.1, -0.05) is 12.1 Å². The van der Waals surface area contributed by atoms with Crippen LogP contribution in [0.4, 0.5) is 14.9 Å². The molecule has 0 radical (unpaired) electrons. The van der Waals surface area contributed by atoms with E-state index >= 15 is 0 Å². The van der Waals surface area contributed by atoms with E-state index in [2.05, 4.69) is 0 Å². The normalized spacial score (nSPS) is 16.9. The predicted octanol–water partition coefficient (Wildman–Crippen LogP) is 4.40. The van der Waals surface area contributed by atoms with Crippen LogP contribution in [0.1, 0.15) is 54.3 Å². The number of anilines is 1. The first kappa shape index (κ1) is 21.8. The van der Waals surface area contributed by atoms with Crippen molar-refractivity contribution in [2.75, 3.05) is 18.0 Å². The molecule has 7 nitrogen and oxygen atoms in total. The Morgan fingerprint density at radius 1 is 1.00 bits per heavy atom. The van der Waals surface area contributed by atoms with Gasteiger partial charge < -0.3 is 14.4 Å². The van der Waals surface area contributed by atoms with Crippen LogP contribution in [0.2, 0.25) is 0 Å². The lowest BCUT2D eigenvalue weighted by Crippen LogP contribution is -2.44. The fourth-order valence-electron chi connectivity index (χ4n) is 3.81. The van der Waals surface area contributed by atoms with Crippen LogP contribution in [0.3, 0.4) is 0 Å². The van der Waals surface area contributed by atoms with Gasteiger partial charge in [0.25, 0.3) is 11.8 Å². The first-order valence-electron chi connectivity index (χ1n) is 10.6. The van der Waals surface area contributed by atoms with Crippen LogP contribution in [0.25, 0.3) is 0 Å². The number of hydrogen-bond donors (Lipinski definition) is 0. The minimum Gasteiger partial charge on any atom is -0.487 e. The minimum atomic E-state index is -0.659. The molecular weight excluding hydrogens is 415 g/mol. The Hall–Kier alpha value is -3.42. The Kier molecular flexibility index (Phi) is 5.62. The highest BCUT2D eigenvalue weighted by atomic mass is 19.1. The molecule has 0 saturated carbocycles. The van der Waals surface area contributed by atoms with E-state index in [1.54, 1.807) is 29.2 Å². The lowest BCUT2D eigenvalue weighted by molar-refractivity contribution is 0.0123. The highest BCUT2D eigenvalue weighted by Gasteiger charge is 2.36. The molecule has 0 atom stereocenters. The number of carbonyl (C=O) groups excluding carboxylic acids is 3. The molecule has 2 aromatic rings. The van der Waals surface area contributed by atoms with Crippen molar-refractivity contribution in [1.82, 2.24) is 4.90 Å². The summed E-state index contributed by atoms with van der Waals surface area (Å²) in [5.74, 6) is -1.57. The summed E-state index contributed by atoms with van der Waals surface area (Å²) in [7, 11) is 0. The maximum atomic E-state index is 14.8. The molecule has 2 aromatic carbocycles. The third-order valence-electron chi connectivity index (χ3n) is 5.36. The smallest absolute Gasteiger partial charge is 0.410 e. The average molecular weight is 440 g/mol. The highest BCUT2D eigenvalue weighted by molar-refractivity contribution is 6.34. The summed E-state index contributed by atoms with van der Waals surface area (Å²) >= 11 is 0. The summed E-state index contributed by atoms with van der Waals surface area (Å²) in [5.41, 5.74) is 0.195. The molecule has 0 N–H and O–H groups in total. The molecule has 8 heteroatoms. The van der Waals surface area contributed by atoms with E-state index in [0.29, 0.717) is 37.1 Å². The largest absolute Gasteiger partial charge is 0.487 e. The highest BCUT2D eigenvalue weighted by Crippen LogP contribution is 2.32. The van der Waals surface area contributed by atoms with Gasteiger partial charge in [0.1, 0.15) is 11.7 Å². The van der Waals surface area contributed by atoms with Gasteiger partial charge in [-0.2, -0.15) is 0 Å². The second-order valence-electron chi connectivity index (χ2n) is 8.89. The number of ether oxygens (including phenoxy) is 2. The summed E-state index contributed by atoms with van der Waals surface area (Å²) in [6.07, 6.45) is 0.457. The van der Waals surface area contributed by atoms with Crippen molar-refractivity contribution in [2.45, 2.75) is 45.3 Å². The molecule has 0 aromatic heterocycles. The van der Waals surface area contributed by atoms with Crippen LogP contribution < -0.4 is 9.64 Å². The number of hydrogen-bond acceptors (Lipinski definition) is 5. The summed E-state index contributed by atoms with van der Waals surface area (Å²) in [5, 5.41) is 0. The summed E-state index contributed by atoms with van der Waals surface area (Å²) < 4.78 is 26.0. The van der Waals surface area contributed by atoms with E-state index in [1.165, 1.54) is 12.1 Å². The van der Waals surface area contributed by atoms with Crippen LogP contribution in [0.5, 0.6) is 5.75 Å². The van der Waals surface area contributed by atoms with Crippen molar-refractivity contribution in [2.24, 2.45) is 0 Å². The number of nitrogens with zero attached hydrogens (tertiary/aromatic N) is 2. The number of fused-ring (bicyclic) bond motifs is 1. The quantitative estimate of drug-likeness (QED) is 0.661. The maximum absolute atomic E-state index is 14.8. The number of likely N-dealkylation sites (tertiary alicyclic amines) is 1. The van der Waals surface area contributed by atoms with E-state index in [4.69, 9.17) is 9.47 Å². The first-order valence-corrected chi connectivity index (χ1v) is 10.6. The van der Waals surface area contributed by atoms with Crippen LogP contribution in [0.15, 0.2) is 42.5 Å². The Balaban J connectivity index is 1.40. The zero-order valence-corrected chi connectivity index (χ0v) is 18.3. The van der Waals surface area contributed by atoms with Gasteiger partial charge in [-0.15, -0.1) is 0 Å². The molecule has 32 heavy (non-hydrogen) atoms. The molecule has 0 aliphatic carbocycles. The topological polar surface area (TPSA) is 76.2 Å². The Morgan fingerprint density at radius 3 is 2.12 bits per heavy atom. The second kappa shape index (κ2) is 8.26. The molecule has 2 aliphatic rings. The van der Waals surface area contributed by atoms with E-state index in [1.807, 2.05) is 20.8 Å². The van der Waals surface area contributed by atoms with Crippen LogP contribution in [0, 0.1) is 5.82 Å². The van der Waals surface area contributed by atoms with Gasteiger partial charge in [0.05, 0.1) is 16.8 Å². The number of rotatable bonds is 3. The van der Waals surface area contributed by atoms with Crippen molar-refractivity contribution in [1.29, 1.82) is 0 Å². The van der Waals surface area contributed by atoms with Gasteiger partial charge in [0.15, 0.2) is 11.6 Å². The zero-order valence-electron chi connectivity index (χ0n) is 18.3.